The Labute approximate surface area is 224 Å². The van der Waals surface area contributed by atoms with Gasteiger partial charge in [-0.2, -0.15) is 0 Å². The van der Waals surface area contributed by atoms with Crippen molar-refractivity contribution in [2.75, 3.05) is 0 Å². The molecule has 0 aliphatic carbocycles. The van der Waals surface area contributed by atoms with Crippen LogP contribution in [0, 0.1) is 0 Å². The van der Waals surface area contributed by atoms with Crippen LogP contribution in [0.3, 0.4) is 0 Å². The summed E-state index contributed by atoms with van der Waals surface area (Å²) in [6.07, 6.45) is -3.24. The number of phenols is 2. The van der Waals surface area contributed by atoms with Gasteiger partial charge in [-0.1, -0.05) is 0 Å². The number of aliphatic hydroxyl groups is 2. The molecular formula is C30H22O10. The van der Waals surface area contributed by atoms with E-state index in [4.69, 9.17) is 18.9 Å². The largest absolute Gasteiger partial charge is 0.507 e. The van der Waals surface area contributed by atoms with E-state index in [9.17, 15) is 30.0 Å². The Morgan fingerprint density at radius 3 is 1.35 bits per heavy atom. The van der Waals surface area contributed by atoms with Gasteiger partial charge in [-0.15, -0.1) is 0 Å². The Hall–Kier alpha value is -3.96. The van der Waals surface area contributed by atoms with E-state index < -0.39 is 46.8 Å². The first-order valence-electron chi connectivity index (χ1n) is 13.2. The van der Waals surface area contributed by atoms with Crippen LogP contribution < -0.4 is 20.3 Å². The van der Waals surface area contributed by atoms with Crippen molar-refractivity contribution in [1.82, 2.24) is 0 Å². The number of aromatic hydroxyl groups is 2. The topological polar surface area (TPSA) is 152 Å². The van der Waals surface area contributed by atoms with E-state index in [1.54, 1.807) is 27.7 Å². The zero-order valence-electron chi connectivity index (χ0n) is 21.7. The highest BCUT2D eigenvalue weighted by Gasteiger charge is 2.56. The van der Waals surface area contributed by atoms with Crippen molar-refractivity contribution in [1.29, 1.82) is 0 Å². The second-order valence-corrected chi connectivity index (χ2v) is 11.5. The maximum Gasteiger partial charge on any atom is 0.262 e. The van der Waals surface area contributed by atoms with Crippen molar-refractivity contribution in [2.45, 2.75) is 63.7 Å². The summed E-state index contributed by atoms with van der Waals surface area (Å²) < 4.78 is 24.2. The molecule has 202 valence electrons. The van der Waals surface area contributed by atoms with E-state index in [2.05, 4.69) is 0 Å². The molecule has 5 aromatic carbocycles. The molecule has 0 saturated carbocycles. The lowest BCUT2D eigenvalue weighted by Crippen LogP contribution is -2.51. The minimum atomic E-state index is -2.09. The van der Waals surface area contributed by atoms with Crippen molar-refractivity contribution in [3.63, 3.8) is 0 Å². The Balaban J connectivity index is 1.73. The Bertz CT molecular complexity index is 2030. The molecule has 0 amide bonds. The number of hydrogen-bond donors (Lipinski definition) is 4. The maximum absolute atomic E-state index is 13.7. The molecule has 0 aromatic heterocycles. The molecule has 4 aliphatic rings. The monoisotopic (exact) mass is 542 g/mol. The minimum Gasteiger partial charge on any atom is -0.507 e. The van der Waals surface area contributed by atoms with Gasteiger partial charge in [0.25, 0.3) is 11.6 Å². The highest BCUT2D eigenvalue weighted by molar-refractivity contribution is 6.38. The highest BCUT2D eigenvalue weighted by Crippen LogP contribution is 2.63. The lowest BCUT2D eigenvalue weighted by atomic mass is 9.74. The van der Waals surface area contributed by atoms with Crippen molar-refractivity contribution in [3.05, 3.63) is 54.8 Å². The Morgan fingerprint density at radius 1 is 0.600 bits per heavy atom. The summed E-state index contributed by atoms with van der Waals surface area (Å²) in [4.78, 5) is 27.4. The summed E-state index contributed by atoms with van der Waals surface area (Å²) in [6, 6.07) is 2.41. The van der Waals surface area contributed by atoms with Crippen LogP contribution in [0.1, 0.15) is 62.2 Å². The average Bonchev–Trinajstić information content (AvgIpc) is 2.86. The van der Waals surface area contributed by atoms with Crippen molar-refractivity contribution < 1.29 is 39.4 Å². The highest BCUT2D eigenvalue weighted by atomic mass is 16.7. The fraction of sp³-hybridized carbons (Fsp3) is 0.333. The van der Waals surface area contributed by atoms with Gasteiger partial charge in [-0.3, -0.25) is 9.59 Å². The van der Waals surface area contributed by atoms with Crippen molar-refractivity contribution in [3.8, 4) is 23.0 Å². The second-order valence-electron chi connectivity index (χ2n) is 11.5. The van der Waals surface area contributed by atoms with Crippen LogP contribution >= 0.6 is 0 Å². The van der Waals surface area contributed by atoms with Crippen LogP contribution in [-0.2, 0) is 21.0 Å². The zero-order chi connectivity index (χ0) is 27.9. The molecule has 10 heteroatoms. The summed E-state index contributed by atoms with van der Waals surface area (Å²) >= 11 is 0. The maximum atomic E-state index is 13.7. The summed E-state index contributed by atoms with van der Waals surface area (Å²) in [7, 11) is 0. The molecule has 0 spiro atoms. The van der Waals surface area contributed by atoms with Crippen molar-refractivity contribution >= 4 is 43.1 Å². The van der Waals surface area contributed by atoms with Gasteiger partial charge in [-0.05, 0) is 27.7 Å². The number of benzene rings is 5. The average molecular weight is 542 g/mol. The number of ether oxygens (including phenoxy) is 4. The van der Waals surface area contributed by atoms with Crippen LogP contribution in [0.15, 0.2) is 21.7 Å². The molecule has 0 unspecified atom stereocenters. The summed E-state index contributed by atoms with van der Waals surface area (Å²) in [6.45, 7) is 6.67. The first-order valence-corrected chi connectivity index (χ1v) is 13.2. The van der Waals surface area contributed by atoms with Gasteiger partial charge in [0.05, 0.1) is 23.0 Å². The number of rotatable bonds is 0. The van der Waals surface area contributed by atoms with Gasteiger partial charge >= 0.3 is 0 Å². The lowest BCUT2D eigenvalue weighted by Gasteiger charge is -2.47. The molecule has 0 radical (unpaired) electrons. The Kier molecular flexibility index (Phi) is 3.61. The SMILES string of the molecule is C[C@H]1O[C@H](C)[C@]2(O)Oc3cc(=O)c4c(O)c5c6c7c8c(cc(=O)c9c(O)c1c2c(c3c47)c98)O[C@@]6(O)[C@@H](C)O[C@@H]5C. The summed E-state index contributed by atoms with van der Waals surface area (Å²) in [5, 5.41) is 49.4. The molecule has 10 nitrogen and oxygen atoms in total. The van der Waals surface area contributed by atoms with Crippen LogP contribution in [0.25, 0.3) is 43.1 Å². The number of hydrogen-bond acceptors (Lipinski definition) is 10. The fourth-order valence-electron chi connectivity index (χ4n) is 7.90. The van der Waals surface area contributed by atoms with E-state index in [0.717, 1.165) is 0 Å². The third-order valence-corrected chi connectivity index (χ3v) is 9.51. The van der Waals surface area contributed by atoms with Crippen LogP contribution in [0.2, 0.25) is 0 Å². The normalized spacial score (nSPS) is 31.6. The van der Waals surface area contributed by atoms with Gasteiger partial charge in [0, 0.05) is 66.7 Å². The molecule has 0 bridgehead atoms. The first kappa shape index (κ1) is 22.8. The van der Waals surface area contributed by atoms with E-state index >= 15 is 0 Å². The van der Waals surface area contributed by atoms with Crippen LogP contribution in [0.4, 0.5) is 0 Å². The molecule has 6 atom stereocenters. The molecule has 40 heavy (non-hydrogen) atoms. The third-order valence-electron chi connectivity index (χ3n) is 9.51. The van der Waals surface area contributed by atoms with Crippen LogP contribution in [-0.4, -0.2) is 32.6 Å². The van der Waals surface area contributed by atoms with Gasteiger partial charge in [0.1, 0.15) is 35.2 Å². The van der Waals surface area contributed by atoms with E-state index in [1.807, 2.05) is 0 Å². The van der Waals surface area contributed by atoms with Gasteiger partial charge < -0.3 is 39.4 Å². The molecule has 4 N–H and O–H groups in total. The molecule has 0 fully saturated rings. The van der Waals surface area contributed by atoms with Gasteiger partial charge in [0.2, 0.25) is 0 Å². The number of phenolic OH excluding ortho intramolecular Hbond substituents is 2. The van der Waals surface area contributed by atoms with Gasteiger partial charge in [-0.25, -0.2) is 0 Å². The van der Waals surface area contributed by atoms with Crippen molar-refractivity contribution in [2.24, 2.45) is 0 Å². The summed E-state index contributed by atoms with van der Waals surface area (Å²) in [5.74, 6) is -4.80. The Morgan fingerprint density at radius 2 is 0.975 bits per heavy atom. The molecule has 9 rings (SSSR count). The van der Waals surface area contributed by atoms with E-state index in [-0.39, 0.29) is 56.0 Å². The summed E-state index contributed by atoms with van der Waals surface area (Å²) in [5.41, 5.74) is -0.233. The first-order chi connectivity index (χ1) is 18.9. The molecule has 4 heterocycles. The molecule has 5 aromatic rings. The zero-order valence-corrected chi connectivity index (χ0v) is 21.7. The molecule has 4 aliphatic heterocycles. The quantitative estimate of drug-likeness (QED) is 0.169. The third kappa shape index (κ3) is 2.07. The van der Waals surface area contributed by atoms with Crippen LogP contribution in [0.5, 0.6) is 23.0 Å². The standard InChI is InChI=1S/C30H22O10/c1-7-15-25-23-19-13(39-29(25,35)9(3)37-7)6-12(32)18-22(19)24-20-14(5-11(31)17(21(20)23)27(15)33)40-30(36)10(4)38-8(2)16(26(24)30)28(18)34/h5-10,33-36H,1-4H3/t7-,8-,9-,10-,29+,30+/m1/s1. The molecular weight excluding hydrogens is 520 g/mol. The smallest absolute Gasteiger partial charge is 0.262 e. The van der Waals surface area contributed by atoms with E-state index in [0.29, 0.717) is 32.3 Å². The van der Waals surface area contributed by atoms with Gasteiger partial charge in [0.15, 0.2) is 10.9 Å². The predicted octanol–water partition coefficient (Wildman–Crippen LogP) is 3.34. The van der Waals surface area contributed by atoms with E-state index in [1.165, 1.54) is 12.1 Å². The molecule has 0 saturated heterocycles. The predicted molar refractivity (Wildman–Crippen MR) is 142 cm³/mol. The second kappa shape index (κ2) is 6.34. The fourth-order valence-corrected chi connectivity index (χ4v) is 7.90. The lowest BCUT2D eigenvalue weighted by molar-refractivity contribution is -0.247. The minimum absolute atomic E-state index is 0.00160.